The smallest absolute Gasteiger partial charge is 0.308 e. The lowest BCUT2D eigenvalue weighted by Gasteiger charge is -2.42. The van der Waals surface area contributed by atoms with E-state index in [9.17, 15) is 9.90 Å². The van der Waals surface area contributed by atoms with E-state index < -0.39 is 5.60 Å². The Balaban J connectivity index is 1.83. The lowest BCUT2D eigenvalue weighted by molar-refractivity contribution is -0.151. The molecular weight excluding hydrogens is 266 g/mol. The molecule has 1 aliphatic heterocycles. The number of carbonyl (C=O) groups is 1. The summed E-state index contributed by atoms with van der Waals surface area (Å²) in [4.78, 5) is 14.2. The number of hydrogen-bond acceptors (Lipinski definition) is 4. The van der Waals surface area contributed by atoms with E-state index in [0.717, 1.165) is 45.3 Å². The van der Waals surface area contributed by atoms with Gasteiger partial charge < -0.3 is 9.84 Å². The van der Waals surface area contributed by atoms with Gasteiger partial charge in [-0.1, -0.05) is 13.8 Å². The normalized spacial score (nSPS) is 38.2. The first kappa shape index (κ1) is 16.8. The molecular formula is C17H31NO3. The van der Waals surface area contributed by atoms with Gasteiger partial charge in [-0.05, 0) is 50.9 Å². The zero-order valence-electron chi connectivity index (χ0n) is 13.8. The number of β-amino-alcohol motifs (C(OH)–C–C–N with tert-alkyl or cyclic N) is 1. The summed E-state index contributed by atoms with van der Waals surface area (Å²) in [5.41, 5.74) is -0.611. The maximum atomic E-state index is 11.8. The maximum Gasteiger partial charge on any atom is 0.308 e. The molecule has 4 nitrogen and oxygen atoms in total. The quantitative estimate of drug-likeness (QED) is 0.810. The van der Waals surface area contributed by atoms with E-state index in [1.54, 1.807) is 0 Å². The highest BCUT2D eigenvalue weighted by atomic mass is 16.5. The molecule has 2 atom stereocenters. The Morgan fingerprint density at radius 2 is 1.81 bits per heavy atom. The first-order valence-electron chi connectivity index (χ1n) is 8.53. The molecule has 1 saturated heterocycles. The standard InChI is InChI=1S/C17H31NO3/c1-4-21-16(19)15-5-7-17(20,8-6-15)12-18-10-13(2)9-14(3)11-18/h13-15,20H,4-12H2,1-3H3. The third-order valence-electron chi connectivity index (χ3n) is 5.00. The topological polar surface area (TPSA) is 49.8 Å². The number of hydrogen-bond donors (Lipinski definition) is 1. The average molecular weight is 297 g/mol. The van der Waals surface area contributed by atoms with Gasteiger partial charge in [0.1, 0.15) is 0 Å². The number of ether oxygens (including phenoxy) is 1. The van der Waals surface area contributed by atoms with Crippen molar-refractivity contribution in [2.45, 2.75) is 58.5 Å². The minimum absolute atomic E-state index is 0.00979. The van der Waals surface area contributed by atoms with E-state index in [1.165, 1.54) is 6.42 Å². The molecule has 0 radical (unpaired) electrons. The van der Waals surface area contributed by atoms with Crippen LogP contribution in [0.15, 0.2) is 0 Å². The molecule has 2 aliphatic rings. The summed E-state index contributed by atoms with van der Waals surface area (Å²) < 4.78 is 5.10. The second-order valence-electron chi connectivity index (χ2n) is 7.39. The molecule has 21 heavy (non-hydrogen) atoms. The predicted octanol–water partition coefficient (Wildman–Crippen LogP) is 2.45. The van der Waals surface area contributed by atoms with Gasteiger partial charge in [-0.15, -0.1) is 0 Å². The fourth-order valence-corrected chi connectivity index (χ4v) is 4.15. The largest absolute Gasteiger partial charge is 0.466 e. The van der Waals surface area contributed by atoms with Gasteiger partial charge >= 0.3 is 5.97 Å². The van der Waals surface area contributed by atoms with Crippen molar-refractivity contribution in [2.75, 3.05) is 26.2 Å². The van der Waals surface area contributed by atoms with Crippen molar-refractivity contribution < 1.29 is 14.6 Å². The van der Waals surface area contributed by atoms with Crippen LogP contribution >= 0.6 is 0 Å². The Kier molecular flexibility index (Phi) is 5.67. The molecule has 2 unspecified atom stereocenters. The van der Waals surface area contributed by atoms with Crippen LogP contribution in [0.1, 0.15) is 52.9 Å². The summed E-state index contributed by atoms with van der Waals surface area (Å²) in [7, 11) is 0. The number of aliphatic hydroxyl groups is 1. The van der Waals surface area contributed by atoms with Crippen LogP contribution in [0.5, 0.6) is 0 Å². The number of esters is 1. The molecule has 122 valence electrons. The Morgan fingerprint density at radius 1 is 1.24 bits per heavy atom. The lowest BCUT2D eigenvalue weighted by Crippen LogP contribution is -2.50. The van der Waals surface area contributed by atoms with Gasteiger partial charge in [0.15, 0.2) is 0 Å². The number of carbonyl (C=O) groups excluding carboxylic acids is 1. The fourth-order valence-electron chi connectivity index (χ4n) is 4.15. The molecule has 0 spiro atoms. The van der Waals surface area contributed by atoms with Gasteiger partial charge in [-0.3, -0.25) is 9.69 Å². The molecule has 1 aliphatic carbocycles. The Bertz CT molecular complexity index is 340. The van der Waals surface area contributed by atoms with Crippen molar-refractivity contribution in [1.29, 1.82) is 0 Å². The van der Waals surface area contributed by atoms with Gasteiger partial charge in [-0.25, -0.2) is 0 Å². The Hall–Kier alpha value is -0.610. The van der Waals surface area contributed by atoms with Gasteiger partial charge in [0.25, 0.3) is 0 Å². The number of nitrogens with zero attached hydrogens (tertiary/aromatic N) is 1. The molecule has 1 heterocycles. The second-order valence-corrected chi connectivity index (χ2v) is 7.39. The zero-order chi connectivity index (χ0) is 15.5. The SMILES string of the molecule is CCOC(=O)C1CCC(O)(CN2CC(C)CC(C)C2)CC1. The molecule has 0 aromatic heterocycles. The Morgan fingerprint density at radius 3 is 2.33 bits per heavy atom. The van der Waals surface area contributed by atoms with Crippen molar-refractivity contribution in [3.05, 3.63) is 0 Å². The molecule has 1 N–H and O–H groups in total. The van der Waals surface area contributed by atoms with E-state index in [-0.39, 0.29) is 11.9 Å². The van der Waals surface area contributed by atoms with E-state index in [2.05, 4.69) is 18.7 Å². The summed E-state index contributed by atoms with van der Waals surface area (Å²) in [6, 6.07) is 0. The molecule has 0 bridgehead atoms. The first-order valence-corrected chi connectivity index (χ1v) is 8.53. The van der Waals surface area contributed by atoms with Crippen molar-refractivity contribution in [1.82, 2.24) is 4.90 Å². The number of rotatable bonds is 4. The van der Waals surface area contributed by atoms with E-state index in [1.807, 2.05) is 6.92 Å². The van der Waals surface area contributed by atoms with Gasteiger partial charge in [0, 0.05) is 19.6 Å². The molecule has 4 heteroatoms. The number of likely N-dealkylation sites (tertiary alicyclic amines) is 1. The van der Waals surface area contributed by atoms with E-state index in [4.69, 9.17) is 4.74 Å². The highest BCUT2D eigenvalue weighted by Gasteiger charge is 2.38. The van der Waals surface area contributed by atoms with Crippen LogP contribution in [0.4, 0.5) is 0 Å². The lowest BCUT2D eigenvalue weighted by atomic mass is 9.78. The Labute approximate surface area is 128 Å². The van der Waals surface area contributed by atoms with Crippen LogP contribution in [-0.4, -0.2) is 47.8 Å². The number of piperidine rings is 1. The fraction of sp³-hybridized carbons (Fsp3) is 0.941. The van der Waals surface area contributed by atoms with E-state index >= 15 is 0 Å². The third-order valence-corrected chi connectivity index (χ3v) is 5.00. The van der Waals surface area contributed by atoms with Crippen LogP contribution in [0, 0.1) is 17.8 Å². The predicted molar refractivity (Wildman–Crippen MR) is 82.9 cm³/mol. The zero-order valence-corrected chi connectivity index (χ0v) is 13.8. The van der Waals surface area contributed by atoms with Crippen LogP contribution in [0.25, 0.3) is 0 Å². The van der Waals surface area contributed by atoms with Gasteiger partial charge in [-0.2, -0.15) is 0 Å². The molecule has 0 aromatic carbocycles. The minimum atomic E-state index is -0.611. The van der Waals surface area contributed by atoms with Gasteiger partial charge in [0.2, 0.25) is 0 Å². The summed E-state index contributed by atoms with van der Waals surface area (Å²) in [5, 5.41) is 10.8. The van der Waals surface area contributed by atoms with Gasteiger partial charge in [0.05, 0.1) is 18.1 Å². The maximum absolute atomic E-state index is 11.8. The van der Waals surface area contributed by atoms with Crippen molar-refractivity contribution >= 4 is 5.97 Å². The monoisotopic (exact) mass is 297 g/mol. The minimum Gasteiger partial charge on any atom is -0.466 e. The molecule has 2 rings (SSSR count). The average Bonchev–Trinajstić information content (AvgIpc) is 2.38. The third kappa shape index (κ3) is 4.68. The molecule has 2 fully saturated rings. The van der Waals surface area contributed by atoms with Crippen LogP contribution in [-0.2, 0) is 9.53 Å². The van der Waals surface area contributed by atoms with Crippen LogP contribution < -0.4 is 0 Å². The highest BCUT2D eigenvalue weighted by Crippen LogP contribution is 2.34. The summed E-state index contributed by atoms with van der Waals surface area (Å²) in [5.74, 6) is 1.34. The first-order chi connectivity index (χ1) is 9.92. The van der Waals surface area contributed by atoms with Crippen LogP contribution in [0.3, 0.4) is 0 Å². The molecule has 0 aromatic rings. The summed E-state index contributed by atoms with van der Waals surface area (Å²) in [6.45, 7) is 9.83. The van der Waals surface area contributed by atoms with Crippen LogP contribution in [0.2, 0.25) is 0 Å². The highest BCUT2D eigenvalue weighted by molar-refractivity contribution is 5.72. The summed E-state index contributed by atoms with van der Waals surface area (Å²) >= 11 is 0. The van der Waals surface area contributed by atoms with Crippen molar-refractivity contribution in [3.63, 3.8) is 0 Å². The molecule has 1 saturated carbocycles. The van der Waals surface area contributed by atoms with Crippen molar-refractivity contribution in [3.8, 4) is 0 Å². The van der Waals surface area contributed by atoms with Crippen molar-refractivity contribution in [2.24, 2.45) is 17.8 Å². The summed E-state index contributed by atoms with van der Waals surface area (Å²) in [6.07, 6.45) is 4.24. The molecule has 0 amide bonds. The van der Waals surface area contributed by atoms with E-state index in [0.29, 0.717) is 18.4 Å². The second kappa shape index (κ2) is 7.10.